The lowest BCUT2D eigenvalue weighted by molar-refractivity contribution is 0.0594. The van der Waals surface area contributed by atoms with E-state index < -0.39 is 24.2 Å². The molecular formula is C45H57N5O7SSi. The summed E-state index contributed by atoms with van der Waals surface area (Å²) in [5.41, 5.74) is 4.50. The molecule has 0 saturated carbocycles. The molecule has 0 radical (unpaired) electrons. The molecule has 5 aromatic rings. The third-order valence-corrected chi connectivity index (χ3v) is 17.5. The van der Waals surface area contributed by atoms with Crippen LogP contribution in [-0.4, -0.2) is 82.5 Å². The monoisotopic (exact) mass is 839 g/mol. The second kappa shape index (κ2) is 19.0. The molecule has 0 unspecified atom stereocenters. The quantitative estimate of drug-likeness (QED) is 0.0490. The van der Waals surface area contributed by atoms with Crippen molar-refractivity contribution >= 4 is 40.8 Å². The zero-order valence-electron chi connectivity index (χ0n) is 34.6. The topological polar surface area (TPSA) is 162 Å². The van der Waals surface area contributed by atoms with Crippen LogP contribution < -0.4 is 21.5 Å². The zero-order valence-corrected chi connectivity index (χ0v) is 36.4. The summed E-state index contributed by atoms with van der Waals surface area (Å²) in [4.78, 5) is 30.1. The van der Waals surface area contributed by atoms with Crippen molar-refractivity contribution in [3.05, 3.63) is 125 Å². The fourth-order valence-electron chi connectivity index (χ4n) is 6.98. The lowest BCUT2D eigenvalue weighted by atomic mass is 10.0. The highest BCUT2D eigenvalue weighted by Crippen LogP contribution is 2.41. The van der Waals surface area contributed by atoms with E-state index in [4.69, 9.17) is 9.16 Å². The first-order valence-electron chi connectivity index (χ1n) is 20.2. The molecule has 0 spiro atoms. The van der Waals surface area contributed by atoms with E-state index in [1.54, 1.807) is 24.3 Å². The maximum absolute atomic E-state index is 13.2. The Morgan fingerprint density at radius 2 is 1.61 bits per heavy atom. The van der Waals surface area contributed by atoms with E-state index in [1.165, 1.54) is 6.07 Å². The minimum Gasteiger partial charge on any atom is -0.506 e. The first kappa shape index (κ1) is 43.7. The summed E-state index contributed by atoms with van der Waals surface area (Å²) in [5, 5.41) is 20.7. The maximum atomic E-state index is 13.2. The number of phenols is 1. The van der Waals surface area contributed by atoms with Crippen molar-refractivity contribution in [1.82, 2.24) is 20.5 Å². The third kappa shape index (κ3) is 11.5. The summed E-state index contributed by atoms with van der Waals surface area (Å²) in [7, 11) is -5.80. The van der Waals surface area contributed by atoms with Gasteiger partial charge in [-0.05, 0) is 78.0 Å². The van der Waals surface area contributed by atoms with Gasteiger partial charge in [-0.2, -0.15) is 0 Å². The van der Waals surface area contributed by atoms with Crippen LogP contribution >= 0.6 is 0 Å². The highest BCUT2D eigenvalue weighted by Gasteiger charge is 2.39. The van der Waals surface area contributed by atoms with Gasteiger partial charge in [0.05, 0.1) is 22.2 Å². The number of amides is 1. The van der Waals surface area contributed by atoms with Crippen molar-refractivity contribution < 1.29 is 27.5 Å². The van der Waals surface area contributed by atoms with E-state index in [2.05, 4.69) is 59.7 Å². The highest BCUT2D eigenvalue weighted by molar-refractivity contribution is 7.91. The molecule has 6 rings (SSSR count). The van der Waals surface area contributed by atoms with Crippen molar-refractivity contribution in [3.8, 4) is 16.9 Å². The second-order valence-corrected chi connectivity index (χ2v) is 23.4. The van der Waals surface area contributed by atoms with Crippen LogP contribution in [0.25, 0.3) is 22.0 Å². The summed E-state index contributed by atoms with van der Waals surface area (Å²) in [5.74, 6) is -0.175. The van der Waals surface area contributed by atoms with Gasteiger partial charge < -0.3 is 34.8 Å². The molecule has 4 aromatic carbocycles. The molecule has 14 heteroatoms. The minimum absolute atomic E-state index is 0.00155. The Bertz CT molecular complexity index is 2360. The third-order valence-electron chi connectivity index (χ3n) is 11.4. The number of likely N-dealkylation sites (tertiary alicyclic amines) is 1. The summed E-state index contributed by atoms with van der Waals surface area (Å²) in [6, 6.07) is 31.1. The number of hydrogen-bond donors (Lipinski definition) is 5. The number of nitrogens with zero attached hydrogens (tertiary/aromatic N) is 1. The van der Waals surface area contributed by atoms with Crippen LogP contribution in [0.5, 0.6) is 5.75 Å². The number of fused-ring (bicyclic) bond motifs is 1. The predicted molar refractivity (Wildman–Crippen MR) is 237 cm³/mol. The number of aromatic hydroxyl groups is 1. The van der Waals surface area contributed by atoms with Gasteiger partial charge in [-0.15, -0.1) is 0 Å². The van der Waals surface area contributed by atoms with Gasteiger partial charge in [0.2, 0.25) is 5.56 Å². The van der Waals surface area contributed by atoms with E-state index in [0.29, 0.717) is 50.2 Å². The minimum atomic E-state index is -3.56. The molecule has 1 saturated heterocycles. The molecule has 1 aliphatic heterocycles. The molecule has 2 heterocycles. The van der Waals surface area contributed by atoms with Gasteiger partial charge >= 0.3 is 6.09 Å². The lowest BCUT2D eigenvalue weighted by Crippen LogP contribution is -2.43. The van der Waals surface area contributed by atoms with Crippen molar-refractivity contribution in [3.63, 3.8) is 0 Å². The number of carbonyl (C=O) groups is 1. The molecule has 1 amide bonds. The number of hydrogen-bond acceptors (Lipinski definition) is 10. The smallest absolute Gasteiger partial charge is 0.411 e. The number of H-pyrrole nitrogens is 1. The second-order valence-electron chi connectivity index (χ2n) is 16.7. The van der Waals surface area contributed by atoms with E-state index in [1.807, 2.05) is 72.8 Å². The van der Waals surface area contributed by atoms with Gasteiger partial charge in [0.25, 0.3) is 0 Å². The average molecular weight is 840 g/mol. The molecule has 0 bridgehead atoms. The first-order chi connectivity index (χ1) is 28.1. The van der Waals surface area contributed by atoms with E-state index in [-0.39, 0.29) is 39.3 Å². The number of para-hydroxylation sites is 1. The standard InChI is InChI=1S/C45H57N5O7SSi/c1-45(2,3)59(4,5)57-41(37-19-21-40(51)43-38(37)20-22-42(52)49-43)30-47-29-32-15-17-35(18-16-32)58(54,55)31-46-25-28-50-26-23-34(24-27-50)56-44(53)48-39-14-10-9-13-36(39)33-11-7-6-8-12-33/h6-22,34,41,46-47,51H,23-31H2,1-5H3,(H,48,53)(H,49,52)/t41-/m1/s1. The summed E-state index contributed by atoms with van der Waals surface area (Å²) in [6.45, 7) is 14.5. The fourth-order valence-corrected chi connectivity index (χ4v) is 9.39. The van der Waals surface area contributed by atoms with Crippen LogP contribution in [0.1, 0.15) is 50.8 Å². The maximum Gasteiger partial charge on any atom is 0.411 e. The number of benzene rings is 4. The van der Waals surface area contributed by atoms with E-state index >= 15 is 0 Å². The highest BCUT2D eigenvalue weighted by atomic mass is 32.2. The SMILES string of the molecule is CC(C)(C)[Si](C)(C)O[C@H](CNCc1ccc(S(=O)(=O)CNCCN2CCC(OC(=O)Nc3ccccc3-c3ccccc3)CC2)cc1)c1ccc(O)c2[nH]c(=O)ccc12. The molecule has 1 aromatic heterocycles. The molecule has 314 valence electrons. The number of aromatic amines is 1. The van der Waals surface area contributed by atoms with Crippen LogP contribution in [0.4, 0.5) is 10.5 Å². The van der Waals surface area contributed by atoms with Crippen LogP contribution in [-0.2, 0) is 25.5 Å². The molecule has 0 aliphatic carbocycles. The number of sulfone groups is 1. The van der Waals surface area contributed by atoms with E-state index in [0.717, 1.165) is 40.7 Å². The number of anilines is 1. The molecular weight excluding hydrogens is 783 g/mol. The van der Waals surface area contributed by atoms with E-state index in [9.17, 15) is 23.1 Å². The molecule has 1 atom stereocenters. The number of phenolic OH excluding ortho intramolecular Hbond substituents is 1. The van der Waals surface area contributed by atoms with Crippen molar-refractivity contribution in [2.45, 2.75) is 75.4 Å². The summed E-state index contributed by atoms with van der Waals surface area (Å²) in [6.07, 6.45) is 0.381. The van der Waals surface area contributed by atoms with Crippen molar-refractivity contribution in [1.29, 1.82) is 0 Å². The number of aromatic nitrogens is 1. The van der Waals surface area contributed by atoms with Gasteiger partial charge in [-0.25, -0.2) is 13.2 Å². The van der Waals surface area contributed by atoms with Gasteiger partial charge in [0.15, 0.2) is 18.2 Å². The number of nitrogens with one attached hydrogen (secondary N) is 4. The predicted octanol–water partition coefficient (Wildman–Crippen LogP) is 7.79. The molecule has 1 aliphatic rings. The summed E-state index contributed by atoms with van der Waals surface area (Å²) >= 11 is 0. The Hall–Kier alpha value is -4.83. The van der Waals surface area contributed by atoms with Gasteiger partial charge in [0.1, 0.15) is 17.7 Å². The molecule has 5 N–H and O–H groups in total. The number of pyridine rings is 1. The number of carbonyl (C=O) groups excluding carboxylic acids is 1. The Labute approximate surface area is 348 Å². The van der Waals surface area contributed by atoms with Crippen molar-refractivity contribution in [2.24, 2.45) is 0 Å². The van der Waals surface area contributed by atoms with Gasteiger partial charge in [-0.1, -0.05) is 87.5 Å². The van der Waals surface area contributed by atoms with Crippen LogP contribution in [0, 0.1) is 0 Å². The average Bonchev–Trinajstić information content (AvgIpc) is 3.20. The Balaban J connectivity index is 0.945. The van der Waals surface area contributed by atoms with Gasteiger partial charge in [0, 0.05) is 56.3 Å². The van der Waals surface area contributed by atoms with Crippen LogP contribution in [0.15, 0.2) is 113 Å². The van der Waals surface area contributed by atoms with Gasteiger partial charge in [-0.3, -0.25) is 10.1 Å². The first-order valence-corrected chi connectivity index (χ1v) is 24.8. The van der Waals surface area contributed by atoms with Crippen molar-refractivity contribution in [2.75, 3.05) is 43.9 Å². The molecule has 1 fully saturated rings. The molecule has 12 nitrogen and oxygen atoms in total. The number of ether oxygens (including phenoxy) is 1. The Morgan fingerprint density at radius 3 is 2.32 bits per heavy atom. The number of rotatable bonds is 16. The normalized spacial score (nSPS) is 14.9. The lowest BCUT2D eigenvalue weighted by Gasteiger charge is -2.39. The van der Waals surface area contributed by atoms with Crippen LogP contribution in [0.3, 0.4) is 0 Å². The Morgan fingerprint density at radius 1 is 0.915 bits per heavy atom. The molecule has 59 heavy (non-hydrogen) atoms. The zero-order chi connectivity index (χ0) is 42.2. The fraction of sp³-hybridized carbons (Fsp3) is 0.378. The largest absolute Gasteiger partial charge is 0.506 e. The van der Waals surface area contributed by atoms with Crippen LogP contribution in [0.2, 0.25) is 18.1 Å². The number of piperidine rings is 1. The Kier molecular flexibility index (Phi) is 14.1. The summed E-state index contributed by atoms with van der Waals surface area (Å²) < 4.78 is 39.1.